The van der Waals surface area contributed by atoms with Gasteiger partial charge >= 0.3 is 0 Å². The Balaban J connectivity index is 1.20. The van der Waals surface area contributed by atoms with Crippen molar-refractivity contribution in [2.24, 2.45) is 0 Å². The average molecular weight is 685 g/mol. The highest BCUT2D eigenvalue weighted by Crippen LogP contribution is 2.40. The molecule has 0 saturated heterocycles. The number of para-hydroxylation sites is 2. The van der Waals surface area contributed by atoms with Gasteiger partial charge in [0.25, 0.3) is 0 Å². The molecule has 0 spiro atoms. The van der Waals surface area contributed by atoms with E-state index in [2.05, 4.69) is 99.5 Å². The maximum Gasteiger partial charge on any atom is 0.191 e. The van der Waals surface area contributed by atoms with E-state index in [0.717, 1.165) is 66.7 Å². The molecule has 0 unspecified atom stereocenters. The lowest BCUT2D eigenvalue weighted by molar-refractivity contribution is 0.484. The minimum Gasteiger partial charge on any atom is -0.459 e. The molecule has 0 N–H and O–H groups in total. The van der Waals surface area contributed by atoms with E-state index in [0.29, 0.717) is 28.8 Å². The zero-order chi connectivity index (χ0) is 35.9. The number of hydrogen-bond acceptors (Lipinski definition) is 4. The van der Waals surface area contributed by atoms with Crippen molar-refractivity contribution in [2.75, 3.05) is 0 Å². The normalized spacial score (nSPS) is 11.2. The molecule has 7 heteroatoms. The van der Waals surface area contributed by atoms with Crippen molar-refractivity contribution in [3.05, 3.63) is 180 Å². The molecule has 0 aliphatic carbocycles. The second kappa shape index (κ2) is 13.1. The molecule has 0 amide bonds. The van der Waals surface area contributed by atoms with Gasteiger partial charge in [-0.05, 0) is 84.6 Å². The molecule has 0 bridgehead atoms. The summed E-state index contributed by atoms with van der Waals surface area (Å²) >= 11 is 0. The third kappa shape index (κ3) is 5.59. The van der Waals surface area contributed by atoms with Gasteiger partial charge in [-0.15, -0.1) is 10.2 Å². The molecule has 3 aromatic heterocycles. The molecule has 0 aliphatic rings. The van der Waals surface area contributed by atoms with Crippen LogP contribution in [0, 0.1) is 20.4 Å². The van der Waals surface area contributed by atoms with Crippen molar-refractivity contribution in [1.29, 1.82) is 0 Å². The Bertz CT molecular complexity index is 2830. The van der Waals surface area contributed by atoms with Crippen LogP contribution in [0.2, 0.25) is 0 Å². The number of nitrogens with zero attached hydrogens (tertiary/aromatic N) is 6. The van der Waals surface area contributed by atoms with Crippen LogP contribution in [0.4, 0.5) is 5.69 Å². The molecule has 0 radical (unpaired) electrons. The van der Waals surface area contributed by atoms with E-state index in [4.69, 9.17) is 21.5 Å². The summed E-state index contributed by atoms with van der Waals surface area (Å²) in [6, 6.07) is 50.7. The van der Waals surface area contributed by atoms with E-state index in [-0.39, 0.29) is 0 Å². The lowest BCUT2D eigenvalue weighted by Crippen LogP contribution is -2.05. The first-order valence-electron chi connectivity index (χ1n) is 17.4. The van der Waals surface area contributed by atoms with Gasteiger partial charge in [-0.1, -0.05) is 97.1 Å². The van der Waals surface area contributed by atoms with Gasteiger partial charge in [0.05, 0.1) is 23.3 Å². The number of fused-ring (bicyclic) bond motifs is 3. The number of rotatable bonds is 7. The van der Waals surface area contributed by atoms with E-state index in [1.165, 1.54) is 0 Å². The summed E-state index contributed by atoms with van der Waals surface area (Å²) in [7, 11) is 0. The summed E-state index contributed by atoms with van der Waals surface area (Å²) < 4.78 is 10.9. The lowest BCUT2D eigenvalue weighted by Gasteiger charge is -2.18. The standard InChI is InChI=1S/C46H32N6O/c1-30-14-13-15-31(2)44(30)52-45(49-50-46(52)40-20-8-7-18-37(40)32-16-5-4-6-17-32)33-26-34(47-3)28-36(27-33)53-35-23-24-39-38-19-9-10-21-41(38)51(42(39)29-35)43-22-11-12-25-48-43/h4-29H,1-2H3. The molecule has 53 heavy (non-hydrogen) atoms. The van der Waals surface area contributed by atoms with Crippen molar-refractivity contribution in [3.63, 3.8) is 0 Å². The minimum absolute atomic E-state index is 0.434. The molecule has 7 nitrogen and oxygen atoms in total. The highest BCUT2D eigenvalue weighted by Gasteiger charge is 2.23. The Labute approximate surface area is 306 Å². The Morgan fingerprint density at radius 1 is 0.547 bits per heavy atom. The fourth-order valence-corrected chi connectivity index (χ4v) is 7.28. The SMILES string of the molecule is [C-]#[N+]c1cc(Oc2ccc3c4ccccc4n(-c4ccccn4)c3c2)cc(-c2nnc(-c3ccccc3-c3ccccc3)n2-c2c(C)cccc2C)c1. The summed E-state index contributed by atoms with van der Waals surface area (Å²) in [5, 5.41) is 11.9. The van der Waals surface area contributed by atoms with Crippen LogP contribution in [0.3, 0.4) is 0 Å². The van der Waals surface area contributed by atoms with Crippen LogP contribution in [0.5, 0.6) is 11.5 Å². The van der Waals surface area contributed by atoms with E-state index in [1.54, 1.807) is 12.3 Å². The van der Waals surface area contributed by atoms with Crippen molar-refractivity contribution in [2.45, 2.75) is 13.8 Å². The molecule has 0 atom stereocenters. The zero-order valence-electron chi connectivity index (χ0n) is 29.1. The van der Waals surface area contributed by atoms with Crippen LogP contribution >= 0.6 is 0 Å². The van der Waals surface area contributed by atoms with Gasteiger partial charge in [0.1, 0.15) is 17.3 Å². The Morgan fingerprint density at radius 2 is 1.26 bits per heavy atom. The van der Waals surface area contributed by atoms with E-state index < -0.39 is 0 Å². The van der Waals surface area contributed by atoms with Crippen LogP contribution in [0.15, 0.2) is 158 Å². The first kappa shape index (κ1) is 31.7. The van der Waals surface area contributed by atoms with Crippen LogP contribution in [0.25, 0.3) is 72.1 Å². The van der Waals surface area contributed by atoms with Crippen molar-refractivity contribution < 1.29 is 4.74 Å². The summed E-state index contributed by atoms with van der Waals surface area (Å²) in [6.45, 7) is 12.2. The molecule has 0 fully saturated rings. The van der Waals surface area contributed by atoms with E-state index in [9.17, 15) is 0 Å². The van der Waals surface area contributed by atoms with Crippen LogP contribution < -0.4 is 4.74 Å². The Morgan fingerprint density at radius 3 is 2.06 bits per heavy atom. The topological polar surface area (TPSA) is 62.1 Å². The molecule has 0 saturated carbocycles. The summed E-state index contributed by atoms with van der Waals surface area (Å²) in [6.07, 6.45) is 1.80. The number of pyridine rings is 1. The fraction of sp³-hybridized carbons (Fsp3) is 0.0435. The third-order valence-electron chi connectivity index (χ3n) is 9.62. The molecular formula is C46H32N6O. The van der Waals surface area contributed by atoms with E-state index >= 15 is 0 Å². The third-order valence-corrected chi connectivity index (χ3v) is 9.62. The van der Waals surface area contributed by atoms with Gasteiger partial charge < -0.3 is 4.74 Å². The fourth-order valence-electron chi connectivity index (χ4n) is 7.28. The largest absolute Gasteiger partial charge is 0.459 e. The van der Waals surface area contributed by atoms with Crippen LogP contribution in [-0.2, 0) is 0 Å². The van der Waals surface area contributed by atoms with Gasteiger partial charge in [-0.25, -0.2) is 9.83 Å². The lowest BCUT2D eigenvalue weighted by atomic mass is 9.98. The molecule has 9 rings (SSSR count). The smallest absolute Gasteiger partial charge is 0.191 e. The zero-order valence-corrected chi connectivity index (χ0v) is 29.1. The molecule has 6 aromatic carbocycles. The maximum absolute atomic E-state index is 8.04. The second-order valence-electron chi connectivity index (χ2n) is 13.0. The maximum atomic E-state index is 8.04. The predicted octanol–water partition coefficient (Wildman–Crippen LogP) is 11.7. The van der Waals surface area contributed by atoms with Crippen molar-refractivity contribution in [3.8, 4) is 56.9 Å². The Kier molecular flexibility index (Phi) is 7.83. The highest BCUT2D eigenvalue weighted by molar-refractivity contribution is 6.09. The van der Waals surface area contributed by atoms with Crippen molar-refractivity contribution in [1.82, 2.24) is 24.3 Å². The summed E-state index contributed by atoms with van der Waals surface area (Å²) in [4.78, 5) is 8.52. The monoisotopic (exact) mass is 684 g/mol. The summed E-state index contributed by atoms with van der Waals surface area (Å²) in [5.41, 5.74) is 9.44. The van der Waals surface area contributed by atoms with Gasteiger partial charge in [-0.2, -0.15) is 0 Å². The summed E-state index contributed by atoms with van der Waals surface area (Å²) in [5.74, 6) is 3.31. The van der Waals surface area contributed by atoms with Crippen molar-refractivity contribution >= 4 is 27.5 Å². The number of hydrogen-bond donors (Lipinski definition) is 0. The Hall–Kier alpha value is -7.30. The number of ether oxygens (including phenoxy) is 1. The van der Waals surface area contributed by atoms with Gasteiger partial charge in [0.15, 0.2) is 17.3 Å². The first-order chi connectivity index (χ1) is 26.1. The first-order valence-corrected chi connectivity index (χ1v) is 17.4. The molecule has 3 heterocycles. The number of aryl methyl sites for hydroxylation is 2. The van der Waals surface area contributed by atoms with Crippen LogP contribution in [-0.4, -0.2) is 24.3 Å². The van der Waals surface area contributed by atoms with Gasteiger partial charge in [-0.3, -0.25) is 9.13 Å². The van der Waals surface area contributed by atoms with Gasteiger partial charge in [0.2, 0.25) is 0 Å². The van der Waals surface area contributed by atoms with Gasteiger partial charge in [0, 0.05) is 34.2 Å². The van der Waals surface area contributed by atoms with Crippen LogP contribution in [0.1, 0.15) is 11.1 Å². The quantitative estimate of drug-likeness (QED) is 0.157. The minimum atomic E-state index is 0.434. The average Bonchev–Trinajstić information content (AvgIpc) is 3.78. The predicted molar refractivity (Wildman–Crippen MR) is 212 cm³/mol. The number of benzene rings is 6. The highest BCUT2D eigenvalue weighted by atomic mass is 16.5. The second-order valence-corrected chi connectivity index (χ2v) is 13.0. The molecule has 9 aromatic rings. The molecular weight excluding hydrogens is 653 g/mol. The molecule has 0 aliphatic heterocycles. The van der Waals surface area contributed by atoms with E-state index in [1.807, 2.05) is 78.9 Å². The number of aromatic nitrogens is 5. The molecule has 252 valence electrons.